The molecule has 1 aliphatic carbocycles. The Bertz CT molecular complexity index is 732. The summed E-state index contributed by atoms with van der Waals surface area (Å²) in [5, 5.41) is 0. The van der Waals surface area contributed by atoms with Gasteiger partial charge in [-0.25, -0.2) is 21.6 Å². The van der Waals surface area contributed by atoms with Crippen LogP contribution in [0.3, 0.4) is 0 Å². The Morgan fingerprint density at radius 2 is 1.41 bits per heavy atom. The summed E-state index contributed by atoms with van der Waals surface area (Å²) in [7, 11) is -7.06. The van der Waals surface area contributed by atoms with E-state index in [1.807, 2.05) is 0 Å². The molecule has 1 aromatic rings. The van der Waals surface area contributed by atoms with Gasteiger partial charge in [0.1, 0.15) is 0 Å². The molecule has 0 unspecified atom stereocenters. The first-order valence-electron chi connectivity index (χ1n) is 7.52. The van der Waals surface area contributed by atoms with Crippen molar-refractivity contribution in [2.24, 2.45) is 0 Å². The highest BCUT2D eigenvalue weighted by atomic mass is 32.2. The minimum Gasteiger partial charge on any atom is -0.208 e. The Morgan fingerprint density at radius 1 is 0.864 bits per heavy atom. The number of rotatable bonds is 5. The third-order valence-electron chi connectivity index (χ3n) is 3.99. The monoisotopic (exact) mass is 344 g/mol. The predicted molar refractivity (Wildman–Crippen MR) is 82.4 cm³/mol. The molecule has 0 atom stereocenters. The average Bonchev–Trinajstić information content (AvgIpc) is 3.31. The Morgan fingerprint density at radius 3 is 1.95 bits per heavy atom. The van der Waals surface area contributed by atoms with E-state index in [2.05, 4.69) is 4.72 Å². The summed E-state index contributed by atoms with van der Waals surface area (Å²) in [4.78, 5) is 0.261. The number of nitrogens with zero attached hydrogens (tertiary/aromatic N) is 1. The normalized spacial score (nSPS) is 20.9. The lowest BCUT2D eigenvalue weighted by atomic mass is 10.2. The second-order valence-corrected chi connectivity index (χ2v) is 9.48. The fraction of sp³-hybridized carbons (Fsp3) is 0.571. The highest BCUT2D eigenvalue weighted by molar-refractivity contribution is 7.89. The molecule has 2 aliphatic rings. The Balaban J connectivity index is 1.81. The van der Waals surface area contributed by atoms with Crippen molar-refractivity contribution >= 4 is 20.0 Å². The second-order valence-electron chi connectivity index (χ2n) is 5.83. The van der Waals surface area contributed by atoms with Crippen LogP contribution in [0.5, 0.6) is 0 Å². The largest absolute Gasteiger partial charge is 0.243 e. The van der Waals surface area contributed by atoms with Crippen LogP contribution in [0.1, 0.15) is 32.1 Å². The Labute approximate surface area is 131 Å². The lowest BCUT2D eigenvalue weighted by Gasteiger charge is -2.25. The maximum atomic E-state index is 12.5. The molecular formula is C14H20N2O4S2. The molecule has 3 rings (SSSR count). The van der Waals surface area contributed by atoms with Crippen molar-refractivity contribution in [3.8, 4) is 0 Å². The quantitative estimate of drug-likeness (QED) is 0.873. The number of hydrogen-bond acceptors (Lipinski definition) is 4. The fourth-order valence-corrected chi connectivity index (χ4v) is 5.36. The van der Waals surface area contributed by atoms with E-state index in [-0.39, 0.29) is 15.8 Å². The van der Waals surface area contributed by atoms with Crippen molar-refractivity contribution < 1.29 is 16.8 Å². The van der Waals surface area contributed by atoms with E-state index in [0.717, 1.165) is 32.1 Å². The van der Waals surface area contributed by atoms with E-state index in [9.17, 15) is 16.8 Å². The van der Waals surface area contributed by atoms with Crippen molar-refractivity contribution in [2.45, 2.75) is 47.9 Å². The van der Waals surface area contributed by atoms with Crippen molar-refractivity contribution in [1.82, 2.24) is 9.03 Å². The Hall–Kier alpha value is -0.960. The Kier molecular flexibility index (Phi) is 4.28. The number of sulfonamides is 2. The number of benzene rings is 1. The highest BCUT2D eigenvalue weighted by Crippen LogP contribution is 2.24. The zero-order chi connectivity index (χ0) is 15.8. The summed E-state index contributed by atoms with van der Waals surface area (Å²) < 4.78 is 53.2. The smallest absolute Gasteiger partial charge is 0.208 e. The van der Waals surface area contributed by atoms with Crippen LogP contribution in [0.15, 0.2) is 34.1 Å². The lowest BCUT2D eigenvalue weighted by Crippen LogP contribution is -2.35. The lowest BCUT2D eigenvalue weighted by molar-refractivity contribution is 0.346. The minimum absolute atomic E-state index is 0.0294. The molecule has 6 nitrogen and oxygen atoms in total. The molecule has 0 aromatic heterocycles. The third kappa shape index (κ3) is 3.34. The van der Waals surface area contributed by atoms with Crippen molar-refractivity contribution in [1.29, 1.82) is 0 Å². The number of hydrogen-bond donors (Lipinski definition) is 1. The molecule has 1 N–H and O–H groups in total. The molecule has 0 amide bonds. The van der Waals surface area contributed by atoms with Gasteiger partial charge in [-0.3, -0.25) is 0 Å². The summed E-state index contributed by atoms with van der Waals surface area (Å²) in [6.45, 7) is 1.07. The topological polar surface area (TPSA) is 83.5 Å². The van der Waals surface area contributed by atoms with Crippen molar-refractivity contribution in [3.63, 3.8) is 0 Å². The number of nitrogens with one attached hydrogen (secondary N) is 1. The van der Waals surface area contributed by atoms with Gasteiger partial charge in [0.25, 0.3) is 0 Å². The van der Waals surface area contributed by atoms with Crippen LogP contribution in [-0.4, -0.2) is 40.3 Å². The molecule has 122 valence electrons. The van der Waals surface area contributed by atoms with E-state index in [0.29, 0.717) is 13.1 Å². The first kappa shape index (κ1) is 15.9. The maximum absolute atomic E-state index is 12.5. The number of piperidine rings is 1. The fourth-order valence-electron chi connectivity index (χ4n) is 2.53. The summed E-state index contributed by atoms with van der Waals surface area (Å²) in [6, 6.07) is 5.52. The highest BCUT2D eigenvalue weighted by Gasteiger charge is 2.29. The molecule has 2 fully saturated rings. The predicted octanol–water partition coefficient (Wildman–Crippen LogP) is 1.30. The van der Waals surface area contributed by atoms with Gasteiger partial charge in [-0.2, -0.15) is 4.31 Å². The molecule has 1 heterocycles. The maximum Gasteiger partial charge on any atom is 0.243 e. The van der Waals surface area contributed by atoms with Gasteiger partial charge in [0.15, 0.2) is 0 Å². The van der Waals surface area contributed by atoms with E-state index >= 15 is 0 Å². The second kappa shape index (κ2) is 5.92. The molecular weight excluding hydrogens is 324 g/mol. The van der Waals surface area contributed by atoms with Gasteiger partial charge in [-0.05, 0) is 49.9 Å². The van der Waals surface area contributed by atoms with Gasteiger partial charge >= 0.3 is 0 Å². The van der Waals surface area contributed by atoms with Crippen LogP contribution in [0.4, 0.5) is 0 Å². The zero-order valence-corrected chi connectivity index (χ0v) is 13.9. The SMILES string of the molecule is O=S(=O)(NC1CC1)c1ccc(S(=O)(=O)N2CCCCC2)cc1. The van der Waals surface area contributed by atoms with Crippen molar-refractivity contribution in [3.05, 3.63) is 24.3 Å². The third-order valence-corrected chi connectivity index (χ3v) is 7.44. The average molecular weight is 344 g/mol. The zero-order valence-electron chi connectivity index (χ0n) is 12.2. The van der Waals surface area contributed by atoms with Gasteiger partial charge in [0.2, 0.25) is 20.0 Å². The molecule has 1 saturated heterocycles. The van der Waals surface area contributed by atoms with Gasteiger partial charge in [-0.15, -0.1) is 0 Å². The first-order chi connectivity index (χ1) is 10.4. The molecule has 8 heteroatoms. The van der Waals surface area contributed by atoms with Crippen molar-refractivity contribution in [2.75, 3.05) is 13.1 Å². The molecule has 0 bridgehead atoms. The van der Waals surface area contributed by atoms with Crippen LogP contribution in [-0.2, 0) is 20.0 Å². The molecule has 0 spiro atoms. The van der Waals surface area contributed by atoms with Gasteiger partial charge in [0, 0.05) is 19.1 Å². The van der Waals surface area contributed by atoms with E-state index < -0.39 is 20.0 Å². The summed E-state index contributed by atoms with van der Waals surface area (Å²) >= 11 is 0. The summed E-state index contributed by atoms with van der Waals surface area (Å²) in [6.07, 6.45) is 4.52. The molecule has 1 aliphatic heterocycles. The van der Waals surface area contributed by atoms with Gasteiger partial charge < -0.3 is 0 Å². The van der Waals surface area contributed by atoms with Crippen LogP contribution < -0.4 is 4.72 Å². The van der Waals surface area contributed by atoms with Crippen LogP contribution in [0.25, 0.3) is 0 Å². The molecule has 0 radical (unpaired) electrons. The van der Waals surface area contributed by atoms with Crippen LogP contribution >= 0.6 is 0 Å². The summed E-state index contributed by atoms with van der Waals surface area (Å²) in [5.74, 6) is 0. The van der Waals surface area contributed by atoms with E-state index in [1.165, 1.54) is 28.6 Å². The molecule has 22 heavy (non-hydrogen) atoms. The first-order valence-corrected chi connectivity index (χ1v) is 10.4. The standard InChI is InChI=1S/C14H20N2O4S2/c17-21(18,15-12-4-5-12)13-6-8-14(9-7-13)22(19,20)16-10-2-1-3-11-16/h6-9,12,15H,1-5,10-11H2. The van der Waals surface area contributed by atoms with Crippen LogP contribution in [0.2, 0.25) is 0 Å². The van der Waals surface area contributed by atoms with Crippen LogP contribution in [0, 0.1) is 0 Å². The summed E-state index contributed by atoms with van der Waals surface area (Å²) in [5.41, 5.74) is 0. The molecule has 1 aromatic carbocycles. The van der Waals surface area contributed by atoms with E-state index in [1.54, 1.807) is 0 Å². The van der Waals surface area contributed by atoms with E-state index in [4.69, 9.17) is 0 Å². The van der Waals surface area contributed by atoms with Gasteiger partial charge in [0.05, 0.1) is 9.79 Å². The molecule has 1 saturated carbocycles. The minimum atomic E-state index is -3.54. The van der Waals surface area contributed by atoms with Gasteiger partial charge in [-0.1, -0.05) is 6.42 Å².